The normalized spacial score (nSPS) is 11.5. The third kappa shape index (κ3) is 5.18. The fraction of sp³-hybridized carbons (Fsp3) is 0.235. The predicted molar refractivity (Wildman–Crippen MR) is 179 cm³/mol. The lowest BCUT2D eigenvalue weighted by Crippen LogP contribution is -2.09. The van der Waals surface area contributed by atoms with Crippen LogP contribution in [0.1, 0.15) is 36.1 Å². The van der Waals surface area contributed by atoms with Crippen LogP contribution in [-0.2, 0) is 0 Å². The number of ether oxygens (including phenoxy) is 2. The summed E-state index contributed by atoms with van der Waals surface area (Å²) in [7, 11) is 0. The smallest absolute Gasteiger partial charge is 0.201 e. The Morgan fingerprint density at radius 2 is 0.978 bits per heavy atom. The van der Waals surface area contributed by atoms with E-state index in [4.69, 9.17) is 19.4 Å². The Bertz CT molecular complexity index is 2160. The molecule has 0 N–H and O–H groups in total. The molecule has 3 heterocycles. The van der Waals surface area contributed by atoms with Crippen molar-refractivity contribution >= 4 is 53.8 Å². The van der Waals surface area contributed by atoms with E-state index in [1.807, 2.05) is 62.4 Å². The van der Waals surface area contributed by atoms with Gasteiger partial charge >= 0.3 is 0 Å². The first-order valence-electron chi connectivity index (χ1n) is 14.9. The SMILES string of the molecule is CCOc1ccc2nc(-n3nnc4cc(C)c(C)cc43)c(-n3nnc4cc(C)c(C)cc43)nc3ccc(OCC)cc3sc2c1. The van der Waals surface area contributed by atoms with Crippen molar-refractivity contribution in [2.45, 2.75) is 41.5 Å². The van der Waals surface area contributed by atoms with E-state index in [0.717, 1.165) is 76.3 Å². The number of aromatic nitrogens is 8. The van der Waals surface area contributed by atoms with E-state index >= 15 is 0 Å². The van der Waals surface area contributed by atoms with Gasteiger partial charge in [0.15, 0.2) is 0 Å². The van der Waals surface area contributed by atoms with Crippen molar-refractivity contribution in [1.82, 2.24) is 40.0 Å². The predicted octanol–water partition coefficient (Wildman–Crippen LogP) is 7.47. The minimum atomic E-state index is 0.457. The largest absolute Gasteiger partial charge is 0.494 e. The first-order chi connectivity index (χ1) is 21.8. The summed E-state index contributed by atoms with van der Waals surface area (Å²) in [5, 5.41) is 18.3. The van der Waals surface area contributed by atoms with Crippen LogP contribution in [0.3, 0.4) is 0 Å². The number of rotatable bonds is 6. The van der Waals surface area contributed by atoms with E-state index in [1.165, 1.54) is 0 Å². The van der Waals surface area contributed by atoms with Gasteiger partial charge in [-0.3, -0.25) is 0 Å². The molecule has 4 aromatic carbocycles. The van der Waals surface area contributed by atoms with Gasteiger partial charge in [0.1, 0.15) is 22.5 Å². The molecule has 10 nitrogen and oxygen atoms in total. The van der Waals surface area contributed by atoms with Crippen LogP contribution >= 0.6 is 11.3 Å². The zero-order valence-electron chi connectivity index (χ0n) is 26.0. The Kier molecular flexibility index (Phi) is 7.25. The average molecular weight is 617 g/mol. The van der Waals surface area contributed by atoms with Crippen molar-refractivity contribution in [2.24, 2.45) is 0 Å². The molecule has 0 spiro atoms. The van der Waals surface area contributed by atoms with Crippen LogP contribution in [0.4, 0.5) is 0 Å². The summed E-state index contributed by atoms with van der Waals surface area (Å²) in [4.78, 5) is 10.6. The second-order valence-corrected chi connectivity index (χ2v) is 12.0. The minimum absolute atomic E-state index is 0.457. The molecule has 0 atom stereocenters. The molecule has 45 heavy (non-hydrogen) atoms. The molecule has 0 bridgehead atoms. The zero-order chi connectivity index (χ0) is 31.2. The van der Waals surface area contributed by atoms with Gasteiger partial charge < -0.3 is 9.47 Å². The summed E-state index contributed by atoms with van der Waals surface area (Å²) in [5.41, 5.74) is 9.12. The van der Waals surface area contributed by atoms with Crippen LogP contribution in [0.5, 0.6) is 11.5 Å². The lowest BCUT2D eigenvalue weighted by molar-refractivity contribution is 0.340. The highest BCUT2D eigenvalue weighted by Gasteiger charge is 2.20. The lowest BCUT2D eigenvalue weighted by atomic mass is 10.1. The van der Waals surface area contributed by atoms with E-state index in [0.29, 0.717) is 24.8 Å². The molecule has 7 aromatic rings. The summed E-state index contributed by atoms with van der Waals surface area (Å²) >= 11 is 1.56. The van der Waals surface area contributed by atoms with Gasteiger partial charge in [-0.05, 0) is 124 Å². The van der Waals surface area contributed by atoms with Crippen molar-refractivity contribution in [3.8, 4) is 23.1 Å². The number of benzene rings is 4. The third-order valence-corrected chi connectivity index (χ3v) is 8.97. The van der Waals surface area contributed by atoms with Crippen LogP contribution in [0, 0.1) is 27.7 Å². The standard InChI is InChI=1S/C34H32N8O2S/c1-7-43-23-9-11-25-31(17-23)45-32-18-24(44-8-2)10-12-26(32)36-34(42-30-16-22(6)20(4)14-28(30)38-40-42)33(35-25)41-29-15-21(5)19(3)13-27(29)37-39-41/h9-18H,7-8H2,1-6H3. The topological polar surface area (TPSA) is 106 Å². The molecule has 11 heteroatoms. The Morgan fingerprint density at radius 1 is 0.556 bits per heavy atom. The quantitative estimate of drug-likeness (QED) is 0.190. The highest BCUT2D eigenvalue weighted by molar-refractivity contribution is 7.24. The monoisotopic (exact) mass is 616 g/mol. The highest BCUT2D eigenvalue weighted by Crippen LogP contribution is 2.32. The zero-order valence-corrected chi connectivity index (χ0v) is 26.8. The van der Waals surface area contributed by atoms with Gasteiger partial charge in [-0.15, -0.1) is 21.5 Å². The molecule has 0 aliphatic rings. The van der Waals surface area contributed by atoms with E-state index in [-0.39, 0.29) is 0 Å². The van der Waals surface area contributed by atoms with E-state index in [9.17, 15) is 0 Å². The lowest BCUT2D eigenvalue weighted by Gasteiger charge is -2.09. The summed E-state index contributed by atoms with van der Waals surface area (Å²) < 4.78 is 17.1. The molecule has 0 amide bonds. The molecule has 0 unspecified atom stereocenters. The summed E-state index contributed by atoms with van der Waals surface area (Å²) in [6.45, 7) is 13.4. The molecule has 0 saturated heterocycles. The van der Waals surface area contributed by atoms with Gasteiger partial charge in [0.2, 0.25) is 11.6 Å². The van der Waals surface area contributed by atoms with Gasteiger partial charge in [-0.25, -0.2) is 9.97 Å². The van der Waals surface area contributed by atoms with Gasteiger partial charge in [0.25, 0.3) is 0 Å². The van der Waals surface area contributed by atoms with Crippen molar-refractivity contribution in [1.29, 1.82) is 0 Å². The van der Waals surface area contributed by atoms with Crippen molar-refractivity contribution in [3.63, 3.8) is 0 Å². The molecule has 0 aliphatic carbocycles. The number of hydrogen-bond acceptors (Lipinski definition) is 9. The first-order valence-corrected chi connectivity index (χ1v) is 15.7. The van der Waals surface area contributed by atoms with Crippen LogP contribution in [0.15, 0.2) is 60.7 Å². The summed E-state index contributed by atoms with van der Waals surface area (Å²) in [5.74, 6) is 2.43. The number of nitrogens with zero attached hydrogens (tertiary/aromatic N) is 8. The van der Waals surface area contributed by atoms with Gasteiger partial charge in [0, 0.05) is 0 Å². The molecule has 0 fully saturated rings. The minimum Gasteiger partial charge on any atom is -0.494 e. The molecular weight excluding hydrogens is 584 g/mol. The Balaban J connectivity index is 1.69. The van der Waals surface area contributed by atoms with Gasteiger partial charge in [-0.1, -0.05) is 10.4 Å². The van der Waals surface area contributed by atoms with Gasteiger partial charge in [-0.2, -0.15) is 9.36 Å². The number of hydrogen-bond donors (Lipinski definition) is 0. The number of aryl methyl sites for hydroxylation is 4. The van der Waals surface area contributed by atoms with Crippen LogP contribution < -0.4 is 9.47 Å². The third-order valence-electron chi connectivity index (χ3n) is 7.88. The summed E-state index contributed by atoms with van der Waals surface area (Å²) in [6, 6.07) is 20.1. The maximum Gasteiger partial charge on any atom is 0.201 e. The number of fused-ring (bicyclic) bond motifs is 4. The first kappa shape index (κ1) is 28.6. The maximum atomic E-state index is 5.89. The molecule has 0 saturated carbocycles. The van der Waals surface area contributed by atoms with Crippen molar-refractivity contribution in [3.05, 3.63) is 82.9 Å². The van der Waals surface area contributed by atoms with E-state index in [1.54, 1.807) is 20.7 Å². The molecule has 226 valence electrons. The van der Waals surface area contributed by atoms with Crippen molar-refractivity contribution in [2.75, 3.05) is 13.2 Å². The molecule has 0 radical (unpaired) electrons. The Labute approximate surface area is 263 Å². The summed E-state index contributed by atoms with van der Waals surface area (Å²) in [6.07, 6.45) is 0. The van der Waals surface area contributed by atoms with Crippen LogP contribution in [0.2, 0.25) is 0 Å². The maximum absolute atomic E-state index is 5.89. The molecule has 3 aromatic heterocycles. The molecule has 7 rings (SSSR count). The van der Waals surface area contributed by atoms with Gasteiger partial charge in [0.05, 0.1) is 44.7 Å². The van der Waals surface area contributed by atoms with Crippen molar-refractivity contribution < 1.29 is 9.47 Å². The second-order valence-electron chi connectivity index (χ2n) is 11.0. The Hall–Kier alpha value is -5.16. The Morgan fingerprint density at radius 3 is 1.40 bits per heavy atom. The second kappa shape index (κ2) is 11.4. The van der Waals surface area contributed by atoms with E-state index in [2.05, 4.69) is 60.5 Å². The molecular formula is C34H32N8O2S. The molecule has 0 aliphatic heterocycles. The van der Waals surface area contributed by atoms with E-state index < -0.39 is 0 Å². The average Bonchev–Trinajstić information content (AvgIpc) is 3.62. The van der Waals surface area contributed by atoms with Crippen LogP contribution in [0.25, 0.3) is 54.1 Å². The fourth-order valence-electron chi connectivity index (χ4n) is 5.25. The fourth-order valence-corrected chi connectivity index (χ4v) is 6.27. The van der Waals surface area contributed by atoms with Crippen LogP contribution in [-0.4, -0.2) is 53.2 Å². The highest BCUT2D eigenvalue weighted by atomic mass is 32.1.